The van der Waals surface area contributed by atoms with Crippen LogP contribution in [-0.2, 0) is 4.74 Å². The van der Waals surface area contributed by atoms with Crippen LogP contribution in [0.4, 0.5) is 16.3 Å². The van der Waals surface area contributed by atoms with Gasteiger partial charge in [-0.15, -0.1) is 0 Å². The van der Waals surface area contributed by atoms with E-state index in [-0.39, 0.29) is 12.0 Å². The molecular weight excluding hydrogens is 358 g/mol. The van der Waals surface area contributed by atoms with Crippen molar-refractivity contribution in [3.05, 3.63) is 47.4 Å². The number of anilines is 2. The van der Waals surface area contributed by atoms with Gasteiger partial charge in [0.25, 0.3) is 5.91 Å². The highest BCUT2D eigenvalue weighted by molar-refractivity contribution is 6.03. The normalized spacial score (nSPS) is 14.0. The first-order chi connectivity index (χ1) is 13.5. The number of carbonyl (C=O) groups excluding carboxylic acids is 2. The van der Waals surface area contributed by atoms with Crippen molar-refractivity contribution in [1.29, 1.82) is 0 Å². The van der Waals surface area contributed by atoms with E-state index in [2.05, 4.69) is 15.3 Å². The van der Waals surface area contributed by atoms with Crippen LogP contribution in [0.5, 0.6) is 0 Å². The van der Waals surface area contributed by atoms with Crippen molar-refractivity contribution in [3.63, 3.8) is 0 Å². The Labute approximate surface area is 164 Å². The van der Waals surface area contributed by atoms with E-state index in [4.69, 9.17) is 4.74 Å². The quantitative estimate of drug-likeness (QED) is 0.873. The largest absolute Gasteiger partial charge is 0.450 e. The molecule has 8 nitrogen and oxygen atoms in total. The average molecular weight is 383 g/mol. The Bertz CT molecular complexity index is 863. The molecule has 148 valence electrons. The lowest BCUT2D eigenvalue weighted by molar-refractivity contribution is 0.102. The molecule has 2 amide bonds. The molecule has 3 rings (SSSR count). The van der Waals surface area contributed by atoms with Crippen LogP contribution in [0.1, 0.15) is 28.5 Å². The van der Waals surface area contributed by atoms with Crippen molar-refractivity contribution in [1.82, 2.24) is 14.9 Å². The van der Waals surface area contributed by atoms with Gasteiger partial charge in [0.2, 0.25) is 0 Å². The van der Waals surface area contributed by atoms with Gasteiger partial charge in [-0.1, -0.05) is 12.1 Å². The minimum Gasteiger partial charge on any atom is -0.450 e. The third kappa shape index (κ3) is 4.57. The second-order valence-corrected chi connectivity index (χ2v) is 6.71. The molecule has 28 heavy (non-hydrogen) atoms. The number of hydrogen-bond acceptors (Lipinski definition) is 6. The highest BCUT2D eigenvalue weighted by Crippen LogP contribution is 2.19. The van der Waals surface area contributed by atoms with Crippen LogP contribution in [0.3, 0.4) is 0 Å². The van der Waals surface area contributed by atoms with Gasteiger partial charge in [-0.3, -0.25) is 4.79 Å². The van der Waals surface area contributed by atoms with Crippen LogP contribution >= 0.6 is 0 Å². The van der Waals surface area contributed by atoms with Gasteiger partial charge in [0.15, 0.2) is 0 Å². The van der Waals surface area contributed by atoms with Gasteiger partial charge in [-0.05, 0) is 38.0 Å². The minimum absolute atomic E-state index is 0.275. The molecule has 1 N–H and O–H groups in total. The minimum atomic E-state index is -0.293. The Kier molecular flexibility index (Phi) is 6.08. The zero-order chi connectivity index (χ0) is 20.1. The number of rotatable bonds is 4. The van der Waals surface area contributed by atoms with E-state index >= 15 is 0 Å². The summed E-state index contributed by atoms with van der Waals surface area (Å²) in [5.74, 6) is 0.395. The lowest BCUT2D eigenvalue weighted by Crippen LogP contribution is -2.49. The van der Waals surface area contributed by atoms with Crippen molar-refractivity contribution < 1.29 is 14.3 Å². The van der Waals surface area contributed by atoms with E-state index < -0.39 is 0 Å². The highest BCUT2D eigenvalue weighted by atomic mass is 16.6. The number of carbonyl (C=O) groups is 2. The summed E-state index contributed by atoms with van der Waals surface area (Å²) >= 11 is 0. The fourth-order valence-electron chi connectivity index (χ4n) is 3.03. The number of nitrogens with one attached hydrogen (secondary N) is 1. The molecule has 0 unspecified atom stereocenters. The number of aryl methyl sites for hydroxylation is 2. The Hall–Kier alpha value is -3.16. The van der Waals surface area contributed by atoms with Crippen LogP contribution in [0.15, 0.2) is 30.6 Å². The van der Waals surface area contributed by atoms with Crippen LogP contribution in [-0.4, -0.2) is 59.7 Å². The molecule has 1 aliphatic heterocycles. The van der Waals surface area contributed by atoms with Crippen LogP contribution in [0.2, 0.25) is 0 Å². The van der Waals surface area contributed by atoms with Crippen LogP contribution in [0.25, 0.3) is 0 Å². The first kappa shape index (κ1) is 19.6. The maximum Gasteiger partial charge on any atom is 0.409 e. The van der Waals surface area contributed by atoms with E-state index in [0.717, 1.165) is 16.8 Å². The smallest absolute Gasteiger partial charge is 0.409 e. The van der Waals surface area contributed by atoms with Crippen molar-refractivity contribution >= 4 is 23.5 Å². The number of piperazine rings is 1. The average Bonchev–Trinajstić information content (AvgIpc) is 2.71. The molecule has 0 atom stereocenters. The summed E-state index contributed by atoms with van der Waals surface area (Å²) in [4.78, 5) is 36.6. The molecule has 0 bridgehead atoms. The number of aromatic nitrogens is 2. The first-order valence-corrected chi connectivity index (χ1v) is 9.35. The second-order valence-electron chi connectivity index (χ2n) is 6.71. The first-order valence-electron chi connectivity index (χ1n) is 9.35. The van der Waals surface area contributed by atoms with Crippen LogP contribution < -0.4 is 10.2 Å². The fourth-order valence-corrected chi connectivity index (χ4v) is 3.03. The third-order valence-electron chi connectivity index (χ3n) is 4.66. The molecule has 1 aliphatic rings. The summed E-state index contributed by atoms with van der Waals surface area (Å²) in [7, 11) is 0. The lowest BCUT2D eigenvalue weighted by Gasteiger charge is -2.34. The molecule has 8 heteroatoms. The Balaban J connectivity index is 1.66. The zero-order valence-electron chi connectivity index (χ0n) is 16.4. The molecule has 2 aromatic rings. The summed E-state index contributed by atoms with van der Waals surface area (Å²) in [5, 5.41) is 2.92. The van der Waals surface area contributed by atoms with Crippen molar-refractivity contribution in [2.75, 3.05) is 43.0 Å². The molecule has 1 aromatic carbocycles. The summed E-state index contributed by atoms with van der Waals surface area (Å²) in [5.41, 5.74) is 3.14. The topological polar surface area (TPSA) is 87.7 Å². The zero-order valence-corrected chi connectivity index (χ0v) is 16.4. The molecule has 0 radical (unpaired) electrons. The summed E-state index contributed by atoms with van der Waals surface area (Å²) in [6.07, 6.45) is 1.10. The van der Waals surface area contributed by atoms with Crippen molar-refractivity contribution in [2.45, 2.75) is 20.8 Å². The molecule has 1 saturated heterocycles. The number of ether oxygens (including phenoxy) is 1. The molecule has 1 aromatic heterocycles. The van der Waals surface area contributed by atoms with Crippen LogP contribution in [0, 0.1) is 13.8 Å². The predicted octanol–water partition coefficient (Wildman–Crippen LogP) is 2.62. The van der Waals surface area contributed by atoms with Gasteiger partial charge in [0, 0.05) is 37.9 Å². The standard InChI is InChI=1S/C20H25N5O3/c1-4-28-20(27)25-9-7-24(8-10-25)18-12-17(21-13-22-18)19(26)23-16-11-14(2)5-6-15(16)3/h5-6,11-13H,4,7-10H2,1-3H3,(H,23,26). The second kappa shape index (κ2) is 8.69. The Morgan fingerprint density at radius 3 is 2.57 bits per heavy atom. The van der Waals surface area contributed by atoms with E-state index in [1.807, 2.05) is 36.9 Å². The molecule has 1 fully saturated rings. The number of nitrogens with zero attached hydrogens (tertiary/aromatic N) is 4. The maximum atomic E-state index is 12.6. The number of amides is 2. The molecule has 0 saturated carbocycles. The summed E-state index contributed by atoms with van der Waals surface area (Å²) in [6, 6.07) is 7.59. The predicted molar refractivity (Wildman–Crippen MR) is 107 cm³/mol. The summed E-state index contributed by atoms with van der Waals surface area (Å²) in [6.45, 7) is 8.42. The fraction of sp³-hybridized carbons (Fsp3) is 0.400. The van der Waals surface area contributed by atoms with E-state index in [1.165, 1.54) is 6.33 Å². The SMILES string of the molecule is CCOC(=O)N1CCN(c2cc(C(=O)Nc3cc(C)ccc3C)ncn2)CC1. The van der Waals surface area contributed by atoms with Gasteiger partial charge in [-0.2, -0.15) is 0 Å². The molecule has 0 aliphatic carbocycles. The monoisotopic (exact) mass is 383 g/mol. The maximum absolute atomic E-state index is 12.6. The van der Waals surface area contributed by atoms with Gasteiger partial charge >= 0.3 is 6.09 Å². The van der Waals surface area contributed by atoms with Gasteiger partial charge in [0.05, 0.1) is 6.61 Å². The van der Waals surface area contributed by atoms with E-state index in [0.29, 0.717) is 44.3 Å². The Morgan fingerprint density at radius 2 is 1.86 bits per heavy atom. The Morgan fingerprint density at radius 1 is 1.11 bits per heavy atom. The number of hydrogen-bond donors (Lipinski definition) is 1. The van der Waals surface area contributed by atoms with Crippen molar-refractivity contribution in [3.8, 4) is 0 Å². The van der Waals surface area contributed by atoms with Gasteiger partial charge in [0.1, 0.15) is 17.8 Å². The van der Waals surface area contributed by atoms with Gasteiger partial charge < -0.3 is 19.9 Å². The highest BCUT2D eigenvalue weighted by Gasteiger charge is 2.23. The van der Waals surface area contributed by atoms with Crippen molar-refractivity contribution in [2.24, 2.45) is 0 Å². The molecule has 2 heterocycles. The van der Waals surface area contributed by atoms with E-state index in [1.54, 1.807) is 17.9 Å². The van der Waals surface area contributed by atoms with Gasteiger partial charge in [-0.25, -0.2) is 14.8 Å². The van der Waals surface area contributed by atoms with E-state index in [9.17, 15) is 9.59 Å². The molecule has 0 spiro atoms. The summed E-state index contributed by atoms with van der Waals surface area (Å²) < 4.78 is 5.04. The third-order valence-corrected chi connectivity index (χ3v) is 4.66. The molecular formula is C20H25N5O3. The number of benzene rings is 1. The lowest BCUT2D eigenvalue weighted by atomic mass is 10.1.